The van der Waals surface area contributed by atoms with E-state index in [1.165, 1.54) is 32.1 Å². The topological polar surface area (TPSA) is 61.4 Å². The van der Waals surface area contributed by atoms with Crippen LogP contribution in [0.25, 0.3) is 0 Å². The van der Waals surface area contributed by atoms with Crippen LogP contribution < -0.4 is 10.6 Å². The van der Waals surface area contributed by atoms with Gasteiger partial charge in [0.1, 0.15) is 6.73 Å². The van der Waals surface area contributed by atoms with Crippen LogP contribution in [0.3, 0.4) is 0 Å². The third-order valence-corrected chi connectivity index (χ3v) is 2.44. The highest BCUT2D eigenvalue weighted by atomic mass is 16.3. The summed E-state index contributed by atoms with van der Waals surface area (Å²) in [5.41, 5.74) is 0. The molecule has 0 rings (SSSR count). The second-order valence-electron chi connectivity index (χ2n) is 4.05. The molecule has 17 heavy (non-hydrogen) atoms. The Morgan fingerprint density at radius 1 is 1.06 bits per heavy atom. The molecule has 0 radical (unpaired) electrons. The van der Waals surface area contributed by atoms with Crippen molar-refractivity contribution in [3.8, 4) is 0 Å². The predicted octanol–water partition coefficient (Wildman–Crippen LogP) is 2.54. The SMILES string of the molecule is CCC/C=C/CCCCCCNC(=O)NCO. The van der Waals surface area contributed by atoms with Crippen molar-refractivity contribution in [2.75, 3.05) is 13.3 Å². The quantitative estimate of drug-likeness (QED) is 0.313. The van der Waals surface area contributed by atoms with Gasteiger partial charge in [0.25, 0.3) is 0 Å². The Bertz CT molecular complexity index is 206. The summed E-state index contributed by atoms with van der Waals surface area (Å²) in [5.74, 6) is 0. The number of unbranched alkanes of at least 4 members (excludes halogenated alkanes) is 5. The van der Waals surface area contributed by atoms with Crippen LogP contribution in [0.4, 0.5) is 4.79 Å². The summed E-state index contributed by atoms with van der Waals surface area (Å²) >= 11 is 0. The average molecular weight is 242 g/mol. The molecule has 0 spiro atoms. The number of amides is 2. The molecule has 0 saturated heterocycles. The fourth-order valence-electron chi connectivity index (χ4n) is 1.48. The third-order valence-electron chi connectivity index (χ3n) is 2.44. The zero-order chi connectivity index (χ0) is 12.8. The van der Waals surface area contributed by atoms with Gasteiger partial charge in [0.2, 0.25) is 0 Å². The van der Waals surface area contributed by atoms with Gasteiger partial charge in [-0.15, -0.1) is 0 Å². The number of aliphatic hydroxyl groups excluding tert-OH is 1. The summed E-state index contributed by atoms with van der Waals surface area (Å²) in [4.78, 5) is 10.9. The normalized spacial score (nSPS) is 10.7. The molecule has 0 saturated carbocycles. The lowest BCUT2D eigenvalue weighted by molar-refractivity contribution is 0.217. The number of hydrogen-bond acceptors (Lipinski definition) is 2. The maximum Gasteiger partial charge on any atom is 0.316 e. The molecule has 0 heterocycles. The predicted molar refractivity (Wildman–Crippen MR) is 70.8 cm³/mol. The molecule has 0 fully saturated rings. The Morgan fingerprint density at radius 2 is 1.76 bits per heavy atom. The molecule has 100 valence electrons. The first kappa shape index (κ1) is 16.0. The van der Waals surface area contributed by atoms with E-state index in [4.69, 9.17) is 5.11 Å². The van der Waals surface area contributed by atoms with Crippen LogP contribution in [0.5, 0.6) is 0 Å². The summed E-state index contributed by atoms with van der Waals surface area (Å²) in [6.07, 6.45) is 12.7. The van der Waals surface area contributed by atoms with Gasteiger partial charge in [0, 0.05) is 6.54 Å². The second kappa shape index (κ2) is 13.0. The molecule has 0 aliphatic heterocycles. The molecule has 3 N–H and O–H groups in total. The minimum atomic E-state index is -0.310. The largest absolute Gasteiger partial charge is 0.376 e. The van der Waals surface area contributed by atoms with E-state index in [0.717, 1.165) is 12.8 Å². The van der Waals surface area contributed by atoms with Gasteiger partial charge < -0.3 is 15.7 Å². The van der Waals surface area contributed by atoms with Crippen molar-refractivity contribution < 1.29 is 9.90 Å². The van der Waals surface area contributed by atoms with Crippen LogP contribution in [0.2, 0.25) is 0 Å². The standard InChI is InChI=1S/C13H26N2O2/c1-2-3-4-5-6-7-8-9-10-11-14-13(17)15-12-16/h4-5,16H,2-3,6-12H2,1H3,(H2,14,15,17)/b5-4+. The monoisotopic (exact) mass is 242 g/mol. The molecule has 0 bridgehead atoms. The fraction of sp³-hybridized carbons (Fsp3) is 0.769. The number of carbonyl (C=O) groups is 1. The zero-order valence-corrected chi connectivity index (χ0v) is 10.9. The lowest BCUT2D eigenvalue weighted by Crippen LogP contribution is -2.36. The van der Waals surface area contributed by atoms with Crippen molar-refractivity contribution in [2.45, 2.75) is 51.9 Å². The van der Waals surface area contributed by atoms with Crippen molar-refractivity contribution in [3.05, 3.63) is 12.2 Å². The van der Waals surface area contributed by atoms with E-state index in [2.05, 4.69) is 29.7 Å². The first-order valence-electron chi connectivity index (χ1n) is 6.58. The Morgan fingerprint density at radius 3 is 2.47 bits per heavy atom. The number of rotatable bonds is 10. The summed E-state index contributed by atoms with van der Waals surface area (Å²) in [5, 5.41) is 13.4. The van der Waals surface area contributed by atoms with E-state index >= 15 is 0 Å². The maximum absolute atomic E-state index is 10.9. The van der Waals surface area contributed by atoms with Crippen LogP contribution in [-0.4, -0.2) is 24.4 Å². The van der Waals surface area contributed by atoms with Crippen molar-refractivity contribution in [2.24, 2.45) is 0 Å². The van der Waals surface area contributed by atoms with Crippen molar-refractivity contribution in [1.29, 1.82) is 0 Å². The highest BCUT2D eigenvalue weighted by molar-refractivity contribution is 5.73. The minimum Gasteiger partial charge on any atom is -0.376 e. The first-order chi connectivity index (χ1) is 8.31. The second-order valence-corrected chi connectivity index (χ2v) is 4.05. The molecule has 2 amide bonds. The van der Waals surface area contributed by atoms with Gasteiger partial charge in [0.05, 0.1) is 0 Å². The molecule has 0 atom stereocenters. The molecule has 0 aliphatic carbocycles. The zero-order valence-electron chi connectivity index (χ0n) is 10.9. The van der Waals surface area contributed by atoms with Gasteiger partial charge >= 0.3 is 6.03 Å². The van der Waals surface area contributed by atoms with Crippen LogP contribution in [-0.2, 0) is 0 Å². The highest BCUT2D eigenvalue weighted by Crippen LogP contribution is 2.03. The number of carbonyl (C=O) groups excluding carboxylic acids is 1. The molecule has 0 aromatic heterocycles. The molecule has 4 nitrogen and oxygen atoms in total. The molecular weight excluding hydrogens is 216 g/mol. The van der Waals surface area contributed by atoms with Crippen molar-refractivity contribution >= 4 is 6.03 Å². The smallest absolute Gasteiger partial charge is 0.316 e. The van der Waals surface area contributed by atoms with Gasteiger partial charge in [-0.1, -0.05) is 38.3 Å². The number of hydrogen-bond donors (Lipinski definition) is 3. The summed E-state index contributed by atoms with van der Waals surface area (Å²) in [7, 11) is 0. The Labute approximate surface area is 104 Å². The van der Waals surface area contributed by atoms with Gasteiger partial charge in [0.15, 0.2) is 0 Å². The summed E-state index contributed by atoms with van der Waals surface area (Å²) in [6.45, 7) is 2.55. The number of urea groups is 1. The van der Waals surface area contributed by atoms with E-state index in [1.807, 2.05) is 0 Å². The molecule has 0 aromatic rings. The third kappa shape index (κ3) is 12.9. The maximum atomic E-state index is 10.9. The van der Waals surface area contributed by atoms with Gasteiger partial charge in [-0.05, 0) is 25.7 Å². The van der Waals surface area contributed by atoms with E-state index in [1.54, 1.807) is 0 Å². The van der Waals surface area contributed by atoms with E-state index < -0.39 is 0 Å². The molecular formula is C13H26N2O2. The average Bonchev–Trinajstić information content (AvgIpc) is 2.32. The number of aliphatic hydroxyl groups is 1. The molecule has 0 aromatic carbocycles. The molecule has 4 heteroatoms. The minimum absolute atomic E-state index is 0.296. The summed E-state index contributed by atoms with van der Waals surface area (Å²) < 4.78 is 0. The number of allylic oxidation sites excluding steroid dienone is 2. The Hall–Kier alpha value is -1.03. The Kier molecular flexibility index (Phi) is 12.2. The van der Waals surface area contributed by atoms with Crippen LogP contribution in [0.15, 0.2) is 12.2 Å². The summed E-state index contributed by atoms with van der Waals surface area (Å²) in [6, 6.07) is -0.296. The van der Waals surface area contributed by atoms with Crippen LogP contribution in [0.1, 0.15) is 51.9 Å². The van der Waals surface area contributed by atoms with Gasteiger partial charge in [-0.3, -0.25) is 0 Å². The van der Waals surface area contributed by atoms with Gasteiger partial charge in [-0.25, -0.2) is 4.79 Å². The fourth-order valence-corrected chi connectivity index (χ4v) is 1.48. The molecule has 0 aliphatic rings. The highest BCUT2D eigenvalue weighted by Gasteiger charge is 1.95. The van der Waals surface area contributed by atoms with Crippen LogP contribution in [0, 0.1) is 0 Å². The number of nitrogens with one attached hydrogen (secondary N) is 2. The van der Waals surface area contributed by atoms with Crippen molar-refractivity contribution in [3.63, 3.8) is 0 Å². The van der Waals surface area contributed by atoms with E-state index in [-0.39, 0.29) is 12.8 Å². The Balaban J connectivity index is 3.11. The lowest BCUT2D eigenvalue weighted by atomic mass is 10.1. The lowest BCUT2D eigenvalue weighted by Gasteiger charge is -2.04. The van der Waals surface area contributed by atoms with Crippen LogP contribution >= 0.6 is 0 Å². The van der Waals surface area contributed by atoms with Crippen molar-refractivity contribution in [1.82, 2.24) is 10.6 Å². The molecule has 0 unspecified atom stereocenters. The van der Waals surface area contributed by atoms with E-state index in [9.17, 15) is 4.79 Å². The first-order valence-corrected chi connectivity index (χ1v) is 6.58. The van der Waals surface area contributed by atoms with E-state index in [0.29, 0.717) is 6.54 Å². The van der Waals surface area contributed by atoms with Gasteiger partial charge in [-0.2, -0.15) is 0 Å².